The Balaban J connectivity index is 2.27. The zero-order valence-corrected chi connectivity index (χ0v) is 13.3. The maximum absolute atomic E-state index is 6.16. The van der Waals surface area contributed by atoms with Crippen LogP contribution in [-0.2, 0) is 4.74 Å². The predicted octanol–water partition coefficient (Wildman–Crippen LogP) is 4.37. The number of hydrogen-bond acceptors (Lipinski definition) is 2. The Morgan fingerprint density at radius 2 is 1.58 bits per heavy atom. The van der Waals surface area contributed by atoms with Crippen molar-refractivity contribution < 1.29 is 4.74 Å². The van der Waals surface area contributed by atoms with Crippen molar-refractivity contribution in [3.05, 3.63) is 28.8 Å². The molecular weight excluding hydrogens is 234 g/mol. The monoisotopic (exact) mass is 261 g/mol. The summed E-state index contributed by atoms with van der Waals surface area (Å²) in [5.41, 5.74) is 5.05. The van der Waals surface area contributed by atoms with Gasteiger partial charge in [-0.1, -0.05) is 17.7 Å². The summed E-state index contributed by atoms with van der Waals surface area (Å²) in [6.45, 7) is 15.2. The summed E-state index contributed by atoms with van der Waals surface area (Å²) in [4.78, 5) is 0. The van der Waals surface area contributed by atoms with Gasteiger partial charge in [-0.3, -0.25) is 0 Å². The van der Waals surface area contributed by atoms with E-state index in [4.69, 9.17) is 4.74 Å². The van der Waals surface area contributed by atoms with E-state index >= 15 is 0 Å². The lowest BCUT2D eigenvalue weighted by Gasteiger charge is -2.29. The second-order valence-corrected chi connectivity index (χ2v) is 7.14. The number of benzene rings is 1. The summed E-state index contributed by atoms with van der Waals surface area (Å²) in [7, 11) is 0. The van der Waals surface area contributed by atoms with Crippen LogP contribution in [-0.4, -0.2) is 17.2 Å². The summed E-state index contributed by atoms with van der Waals surface area (Å²) in [6.07, 6.45) is 1.03. The summed E-state index contributed by atoms with van der Waals surface area (Å²) in [5, 5.41) is 3.73. The molecule has 1 fully saturated rings. The fourth-order valence-corrected chi connectivity index (χ4v) is 3.37. The maximum Gasteiger partial charge on any atom is 0.0834 e. The number of nitrogens with one attached hydrogen (secondary N) is 1. The molecule has 0 radical (unpaired) electrons. The van der Waals surface area contributed by atoms with Gasteiger partial charge in [0.1, 0.15) is 0 Å². The van der Waals surface area contributed by atoms with Crippen molar-refractivity contribution in [3.8, 4) is 0 Å². The van der Waals surface area contributed by atoms with Gasteiger partial charge in [0.15, 0.2) is 0 Å². The van der Waals surface area contributed by atoms with Gasteiger partial charge in [0, 0.05) is 5.69 Å². The van der Waals surface area contributed by atoms with Crippen LogP contribution in [0.5, 0.6) is 0 Å². The second kappa shape index (κ2) is 4.52. The average molecular weight is 261 g/mol. The van der Waals surface area contributed by atoms with Gasteiger partial charge in [-0.15, -0.1) is 0 Å². The van der Waals surface area contributed by atoms with Crippen molar-refractivity contribution in [3.63, 3.8) is 0 Å². The van der Waals surface area contributed by atoms with E-state index in [2.05, 4.69) is 65.9 Å². The van der Waals surface area contributed by atoms with Gasteiger partial charge in [-0.2, -0.15) is 0 Å². The van der Waals surface area contributed by atoms with Crippen molar-refractivity contribution in [1.82, 2.24) is 0 Å². The Kier molecular flexibility index (Phi) is 3.42. The number of ether oxygens (including phenoxy) is 1. The van der Waals surface area contributed by atoms with Crippen LogP contribution in [0.2, 0.25) is 0 Å². The van der Waals surface area contributed by atoms with Crippen molar-refractivity contribution in [2.75, 3.05) is 5.32 Å². The predicted molar refractivity (Wildman–Crippen MR) is 81.9 cm³/mol. The molecule has 1 saturated heterocycles. The highest BCUT2D eigenvalue weighted by atomic mass is 16.5. The first-order valence-electron chi connectivity index (χ1n) is 7.15. The lowest BCUT2D eigenvalue weighted by Crippen LogP contribution is -2.38. The zero-order valence-electron chi connectivity index (χ0n) is 13.3. The molecule has 1 aromatic rings. The molecule has 0 bridgehead atoms. The molecule has 0 aliphatic carbocycles. The fraction of sp³-hybridized carbons (Fsp3) is 0.647. The smallest absolute Gasteiger partial charge is 0.0834 e. The molecule has 1 heterocycles. The fourth-order valence-electron chi connectivity index (χ4n) is 3.37. The first-order chi connectivity index (χ1) is 8.61. The van der Waals surface area contributed by atoms with E-state index in [0.717, 1.165) is 6.42 Å². The Morgan fingerprint density at radius 3 is 2.00 bits per heavy atom. The minimum Gasteiger partial charge on any atom is -0.379 e. The molecule has 0 aromatic heterocycles. The van der Waals surface area contributed by atoms with Crippen LogP contribution in [0.4, 0.5) is 5.69 Å². The van der Waals surface area contributed by atoms with Gasteiger partial charge < -0.3 is 10.1 Å². The lowest BCUT2D eigenvalue weighted by atomic mass is 9.93. The van der Waals surface area contributed by atoms with E-state index in [-0.39, 0.29) is 11.2 Å². The Morgan fingerprint density at radius 1 is 1.05 bits per heavy atom. The van der Waals surface area contributed by atoms with E-state index in [1.54, 1.807) is 0 Å². The number of hydrogen-bond donors (Lipinski definition) is 1. The van der Waals surface area contributed by atoms with Gasteiger partial charge in [0.2, 0.25) is 0 Å². The van der Waals surface area contributed by atoms with Gasteiger partial charge >= 0.3 is 0 Å². The molecule has 1 aliphatic rings. The number of rotatable bonds is 2. The molecular formula is C17H27NO. The molecule has 1 aliphatic heterocycles. The van der Waals surface area contributed by atoms with Gasteiger partial charge in [-0.25, -0.2) is 0 Å². The molecule has 1 N–H and O–H groups in total. The average Bonchev–Trinajstić information content (AvgIpc) is 2.39. The maximum atomic E-state index is 6.16. The van der Waals surface area contributed by atoms with Gasteiger partial charge in [-0.05, 0) is 66.0 Å². The van der Waals surface area contributed by atoms with Crippen LogP contribution < -0.4 is 5.32 Å². The third-order valence-electron chi connectivity index (χ3n) is 4.07. The Hall–Kier alpha value is -1.02. The number of anilines is 1. The van der Waals surface area contributed by atoms with Crippen molar-refractivity contribution in [1.29, 1.82) is 0 Å². The Labute approximate surface area is 117 Å². The molecule has 19 heavy (non-hydrogen) atoms. The normalized spacial score (nSPS) is 24.5. The van der Waals surface area contributed by atoms with Gasteiger partial charge in [0.25, 0.3) is 0 Å². The molecule has 0 saturated carbocycles. The van der Waals surface area contributed by atoms with E-state index in [0.29, 0.717) is 6.04 Å². The van der Waals surface area contributed by atoms with Gasteiger partial charge in [0.05, 0.1) is 17.2 Å². The molecule has 0 amide bonds. The largest absolute Gasteiger partial charge is 0.379 e. The van der Waals surface area contributed by atoms with E-state index in [1.807, 2.05) is 0 Å². The summed E-state index contributed by atoms with van der Waals surface area (Å²) in [6, 6.07) is 4.83. The van der Waals surface area contributed by atoms with Crippen LogP contribution in [0.15, 0.2) is 12.1 Å². The van der Waals surface area contributed by atoms with Crippen LogP contribution in [0.1, 0.15) is 50.8 Å². The first-order valence-corrected chi connectivity index (χ1v) is 7.15. The topological polar surface area (TPSA) is 21.3 Å². The molecule has 1 aromatic carbocycles. The second-order valence-electron chi connectivity index (χ2n) is 7.14. The standard InChI is InChI=1S/C17H27NO/c1-11-8-12(2)15(13(3)9-11)18-14-10-16(4,5)19-17(14,6)7/h8-9,14,18H,10H2,1-7H3. The molecule has 2 heteroatoms. The SMILES string of the molecule is Cc1cc(C)c(NC2CC(C)(C)OC2(C)C)c(C)c1. The van der Waals surface area contributed by atoms with Crippen LogP contribution in [0.25, 0.3) is 0 Å². The highest BCUT2D eigenvalue weighted by Crippen LogP contribution is 2.39. The lowest BCUT2D eigenvalue weighted by molar-refractivity contribution is -0.0662. The van der Waals surface area contributed by atoms with Crippen LogP contribution in [0.3, 0.4) is 0 Å². The third-order valence-corrected chi connectivity index (χ3v) is 4.07. The van der Waals surface area contributed by atoms with E-state index in [9.17, 15) is 0 Å². The van der Waals surface area contributed by atoms with Crippen molar-refractivity contribution >= 4 is 5.69 Å². The van der Waals surface area contributed by atoms with Crippen molar-refractivity contribution in [2.24, 2.45) is 0 Å². The van der Waals surface area contributed by atoms with Crippen molar-refractivity contribution in [2.45, 2.75) is 72.1 Å². The minimum absolute atomic E-state index is 0.0479. The van der Waals surface area contributed by atoms with E-state index in [1.165, 1.54) is 22.4 Å². The molecule has 1 atom stereocenters. The number of aryl methyl sites for hydroxylation is 3. The summed E-state index contributed by atoms with van der Waals surface area (Å²) >= 11 is 0. The molecule has 0 spiro atoms. The molecule has 106 valence electrons. The molecule has 2 rings (SSSR count). The zero-order chi connectivity index (χ0) is 14.4. The highest BCUT2D eigenvalue weighted by molar-refractivity contribution is 5.59. The molecule has 1 unspecified atom stereocenters. The van der Waals surface area contributed by atoms with Crippen LogP contribution >= 0.6 is 0 Å². The summed E-state index contributed by atoms with van der Waals surface area (Å²) < 4.78 is 6.16. The highest BCUT2D eigenvalue weighted by Gasteiger charge is 2.45. The minimum atomic E-state index is -0.132. The Bertz CT molecular complexity index is 465. The molecule has 2 nitrogen and oxygen atoms in total. The summed E-state index contributed by atoms with van der Waals surface area (Å²) in [5.74, 6) is 0. The third kappa shape index (κ3) is 2.94. The van der Waals surface area contributed by atoms with Crippen LogP contribution in [0, 0.1) is 20.8 Å². The van der Waals surface area contributed by atoms with E-state index < -0.39 is 0 Å². The quantitative estimate of drug-likeness (QED) is 0.853. The first kappa shape index (κ1) is 14.4.